The maximum Gasteiger partial charge on any atom is 0.0570 e. The summed E-state index contributed by atoms with van der Waals surface area (Å²) in [5.41, 5.74) is 0. The number of hydrogen-bond acceptors (Lipinski definition) is 2. The van der Waals surface area contributed by atoms with Gasteiger partial charge in [0, 0.05) is 0 Å². The minimum atomic E-state index is 0.362. The number of ether oxygens (including phenoxy) is 1. The standard InChI is InChI=1S/C11H24OS/c1-8(2)10(5)12-6-11(7-13)9(3)4/h8-11,13H,6-7H2,1-5H3. The van der Waals surface area contributed by atoms with Gasteiger partial charge in [-0.1, -0.05) is 27.7 Å². The van der Waals surface area contributed by atoms with E-state index in [2.05, 4.69) is 47.2 Å². The molecule has 0 heterocycles. The van der Waals surface area contributed by atoms with Crippen molar-refractivity contribution in [2.24, 2.45) is 17.8 Å². The molecule has 0 aromatic heterocycles. The van der Waals surface area contributed by atoms with Crippen molar-refractivity contribution in [2.45, 2.75) is 40.7 Å². The highest BCUT2D eigenvalue weighted by Gasteiger charge is 2.14. The van der Waals surface area contributed by atoms with E-state index in [-0.39, 0.29) is 0 Å². The summed E-state index contributed by atoms with van der Waals surface area (Å²) in [5.74, 6) is 2.77. The highest BCUT2D eigenvalue weighted by atomic mass is 32.1. The third-order valence-electron chi connectivity index (χ3n) is 2.69. The molecule has 0 aliphatic carbocycles. The zero-order chi connectivity index (χ0) is 10.4. The Bertz CT molecular complexity index is 123. The van der Waals surface area contributed by atoms with Crippen LogP contribution in [0.5, 0.6) is 0 Å². The summed E-state index contributed by atoms with van der Waals surface area (Å²) < 4.78 is 5.77. The van der Waals surface area contributed by atoms with Crippen LogP contribution in [0.15, 0.2) is 0 Å². The first-order chi connectivity index (χ1) is 5.99. The maximum atomic E-state index is 5.77. The van der Waals surface area contributed by atoms with E-state index < -0.39 is 0 Å². The van der Waals surface area contributed by atoms with Crippen LogP contribution in [0, 0.1) is 17.8 Å². The van der Waals surface area contributed by atoms with Crippen molar-refractivity contribution in [3.8, 4) is 0 Å². The summed E-state index contributed by atoms with van der Waals surface area (Å²) >= 11 is 4.33. The first kappa shape index (κ1) is 13.3. The van der Waals surface area contributed by atoms with E-state index in [1.165, 1.54) is 0 Å². The topological polar surface area (TPSA) is 9.23 Å². The molecule has 0 aliphatic heterocycles. The van der Waals surface area contributed by atoms with Crippen LogP contribution < -0.4 is 0 Å². The van der Waals surface area contributed by atoms with Gasteiger partial charge in [-0.25, -0.2) is 0 Å². The molecule has 0 spiro atoms. The van der Waals surface area contributed by atoms with Gasteiger partial charge in [0.15, 0.2) is 0 Å². The average molecular weight is 204 g/mol. The molecule has 2 atom stereocenters. The molecule has 1 nitrogen and oxygen atoms in total. The normalized spacial score (nSPS) is 16.6. The molecule has 0 saturated heterocycles. The van der Waals surface area contributed by atoms with Crippen LogP contribution in [-0.4, -0.2) is 18.5 Å². The third-order valence-corrected chi connectivity index (χ3v) is 3.16. The quantitative estimate of drug-likeness (QED) is 0.653. The van der Waals surface area contributed by atoms with Crippen molar-refractivity contribution in [3.05, 3.63) is 0 Å². The Balaban J connectivity index is 3.72. The van der Waals surface area contributed by atoms with Crippen molar-refractivity contribution in [1.82, 2.24) is 0 Å². The first-order valence-electron chi connectivity index (χ1n) is 5.21. The summed E-state index contributed by atoms with van der Waals surface area (Å²) in [5, 5.41) is 0. The van der Waals surface area contributed by atoms with Crippen LogP contribution in [0.25, 0.3) is 0 Å². The highest BCUT2D eigenvalue weighted by molar-refractivity contribution is 7.80. The Kier molecular flexibility index (Phi) is 6.88. The van der Waals surface area contributed by atoms with Gasteiger partial charge < -0.3 is 4.74 Å². The van der Waals surface area contributed by atoms with E-state index in [9.17, 15) is 0 Å². The predicted octanol–water partition coefficient (Wildman–Crippen LogP) is 3.25. The summed E-state index contributed by atoms with van der Waals surface area (Å²) in [7, 11) is 0. The van der Waals surface area contributed by atoms with Gasteiger partial charge in [0.05, 0.1) is 12.7 Å². The van der Waals surface area contributed by atoms with Gasteiger partial charge in [0.25, 0.3) is 0 Å². The minimum Gasteiger partial charge on any atom is -0.378 e. The fourth-order valence-electron chi connectivity index (χ4n) is 0.924. The summed E-state index contributed by atoms with van der Waals surface area (Å²) in [4.78, 5) is 0. The van der Waals surface area contributed by atoms with Gasteiger partial charge >= 0.3 is 0 Å². The fraction of sp³-hybridized carbons (Fsp3) is 1.00. The lowest BCUT2D eigenvalue weighted by molar-refractivity contribution is 0.00976. The fourth-order valence-corrected chi connectivity index (χ4v) is 1.45. The van der Waals surface area contributed by atoms with Crippen molar-refractivity contribution in [1.29, 1.82) is 0 Å². The van der Waals surface area contributed by atoms with Crippen LogP contribution in [0.1, 0.15) is 34.6 Å². The molecule has 2 heteroatoms. The van der Waals surface area contributed by atoms with Crippen LogP contribution in [0.3, 0.4) is 0 Å². The van der Waals surface area contributed by atoms with Crippen LogP contribution in [0.4, 0.5) is 0 Å². The number of thiol groups is 1. The highest BCUT2D eigenvalue weighted by Crippen LogP contribution is 2.15. The van der Waals surface area contributed by atoms with Crippen molar-refractivity contribution < 1.29 is 4.74 Å². The Morgan fingerprint density at radius 2 is 1.54 bits per heavy atom. The summed E-state index contributed by atoms with van der Waals surface area (Å²) in [6, 6.07) is 0. The average Bonchev–Trinajstić information content (AvgIpc) is 2.04. The van der Waals surface area contributed by atoms with Crippen LogP contribution in [0.2, 0.25) is 0 Å². The lowest BCUT2D eigenvalue weighted by Crippen LogP contribution is -2.23. The number of rotatable bonds is 6. The molecule has 0 rings (SSSR count). The van der Waals surface area contributed by atoms with E-state index in [0.717, 1.165) is 12.4 Å². The van der Waals surface area contributed by atoms with E-state index in [1.54, 1.807) is 0 Å². The molecule has 0 radical (unpaired) electrons. The van der Waals surface area contributed by atoms with Crippen molar-refractivity contribution in [2.75, 3.05) is 12.4 Å². The minimum absolute atomic E-state index is 0.362. The van der Waals surface area contributed by atoms with Gasteiger partial charge in [0.2, 0.25) is 0 Å². The van der Waals surface area contributed by atoms with E-state index in [4.69, 9.17) is 4.74 Å². The van der Waals surface area contributed by atoms with Crippen molar-refractivity contribution in [3.63, 3.8) is 0 Å². The third kappa shape index (κ3) is 5.58. The molecule has 0 N–H and O–H groups in total. The maximum absolute atomic E-state index is 5.77. The molecule has 0 bridgehead atoms. The molecule has 80 valence electrons. The SMILES string of the molecule is CC(C)C(CS)COC(C)C(C)C. The van der Waals surface area contributed by atoms with E-state index >= 15 is 0 Å². The Hall–Kier alpha value is 0.310. The molecule has 2 unspecified atom stereocenters. The lowest BCUT2D eigenvalue weighted by atomic mass is 9.99. The van der Waals surface area contributed by atoms with Crippen LogP contribution >= 0.6 is 12.6 Å². The first-order valence-corrected chi connectivity index (χ1v) is 5.84. The van der Waals surface area contributed by atoms with E-state index in [0.29, 0.717) is 23.9 Å². The molecule has 0 aromatic carbocycles. The molecular formula is C11H24OS. The monoisotopic (exact) mass is 204 g/mol. The van der Waals surface area contributed by atoms with Gasteiger partial charge in [-0.2, -0.15) is 12.6 Å². The van der Waals surface area contributed by atoms with Gasteiger partial charge in [-0.3, -0.25) is 0 Å². The lowest BCUT2D eigenvalue weighted by Gasteiger charge is -2.23. The molecule has 0 amide bonds. The second kappa shape index (κ2) is 6.72. The van der Waals surface area contributed by atoms with Gasteiger partial charge in [0.1, 0.15) is 0 Å². The smallest absolute Gasteiger partial charge is 0.0570 e. The van der Waals surface area contributed by atoms with Gasteiger partial charge in [-0.05, 0) is 30.4 Å². The van der Waals surface area contributed by atoms with Crippen molar-refractivity contribution >= 4 is 12.6 Å². The molecule has 0 saturated carbocycles. The van der Waals surface area contributed by atoms with E-state index in [1.807, 2.05) is 0 Å². The Labute approximate surface area is 88.7 Å². The number of hydrogen-bond donors (Lipinski definition) is 1. The second-order valence-electron chi connectivity index (χ2n) is 4.47. The zero-order valence-corrected chi connectivity index (χ0v) is 10.5. The molecule has 0 aliphatic rings. The van der Waals surface area contributed by atoms with Gasteiger partial charge in [-0.15, -0.1) is 0 Å². The zero-order valence-electron chi connectivity index (χ0n) is 9.58. The second-order valence-corrected chi connectivity index (χ2v) is 4.83. The molecule has 13 heavy (non-hydrogen) atoms. The van der Waals surface area contributed by atoms with Crippen LogP contribution in [-0.2, 0) is 4.74 Å². The Morgan fingerprint density at radius 1 is 1.00 bits per heavy atom. The summed E-state index contributed by atoms with van der Waals surface area (Å²) in [6.45, 7) is 11.8. The molecule has 0 aromatic rings. The predicted molar refractivity (Wildman–Crippen MR) is 62.4 cm³/mol. The molecular weight excluding hydrogens is 180 g/mol. The summed E-state index contributed by atoms with van der Waals surface area (Å²) in [6.07, 6.45) is 0.362. The molecule has 0 fully saturated rings. The largest absolute Gasteiger partial charge is 0.378 e. The Morgan fingerprint density at radius 3 is 1.85 bits per heavy atom.